The van der Waals surface area contributed by atoms with Gasteiger partial charge in [0.2, 0.25) is 0 Å². The zero-order chi connectivity index (χ0) is 7.19. The van der Waals surface area contributed by atoms with Gasteiger partial charge in [-0.05, 0) is 37.5 Å². The van der Waals surface area contributed by atoms with Crippen molar-refractivity contribution in [1.29, 1.82) is 0 Å². The number of fused-ring (bicyclic) bond motifs is 1. The van der Waals surface area contributed by atoms with Gasteiger partial charge in [0.25, 0.3) is 0 Å². The van der Waals surface area contributed by atoms with E-state index in [9.17, 15) is 5.11 Å². The van der Waals surface area contributed by atoms with Crippen molar-refractivity contribution < 1.29 is 5.11 Å². The second-order valence-corrected chi connectivity index (χ2v) is 4.06. The summed E-state index contributed by atoms with van der Waals surface area (Å²) in [6, 6.07) is 0. The second-order valence-electron chi connectivity index (χ2n) is 4.06. The standard InChI is InChI=1S/C9H16O/c1-7-4-5-8-3-2-6-9(7,8)10/h7-8,10H,2-6H2,1H3/t7-,8+,9+/m1/s1. The minimum absolute atomic E-state index is 0.236. The van der Waals surface area contributed by atoms with Crippen molar-refractivity contribution in [2.45, 2.75) is 44.6 Å². The van der Waals surface area contributed by atoms with Crippen LogP contribution in [-0.2, 0) is 0 Å². The normalized spacial score (nSPS) is 53.4. The van der Waals surface area contributed by atoms with E-state index in [1.54, 1.807) is 0 Å². The fourth-order valence-corrected chi connectivity index (χ4v) is 2.83. The summed E-state index contributed by atoms with van der Waals surface area (Å²) in [4.78, 5) is 0. The summed E-state index contributed by atoms with van der Waals surface area (Å²) < 4.78 is 0. The molecule has 0 heterocycles. The van der Waals surface area contributed by atoms with Gasteiger partial charge in [-0.15, -0.1) is 0 Å². The van der Waals surface area contributed by atoms with E-state index < -0.39 is 0 Å². The molecule has 0 saturated heterocycles. The summed E-state index contributed by atoms with van der Waals surface area (Å²) in [7, 11) is 0. The van der Waals surface area contributed by atoms with Gasteiger partial charge in [0.05, 0.1) is 5.60 Å². The van der Waals surface area contributed by atoms with Crippen LogP contribution in [0.3, 0.4) is 0 Å². The van der Waals surface area contributed by atoms with E-state index >= 15 is 0 Å². The number of hydrogen-bond acceptors (Lipinski definition) is 1. The Labute approximate surface area is 62.4 Å². The van der Waals surface area contributed by atoms with Crippen LogP contribution in [0.1, 0.15) is 39.0 Å². The first-order valence-electron chi connectivity index (χ1n) is 4.46. The summed E-state index contributed by atoms with van der Waals surface area (Å²) in [5.41, 5.74) is -0.236. The highest BCUT2D eigenvalue weighted by atomic mass is 16.3. The molecule has 0 unspecified atom stereocenters. The molecule has 0 amide bonds. The Balaban J connectivity index is 2.21. The monoisotopic (exact) mass is 140 g/mol. The van der Waals surface area contributed by atoms with Crippen LogP contribution in [0.15, 0.2) is 0 Å². The Kier molecular flexibility index (Phi) is 1.31. The van der Waals surface area contributed by atoms with E-state index in [0.29, 0.717) is 11.8 Å². The van der Waals surface area contributed by atoms with Gasteiger partial charge in [-0.2, -0.15) is 0 Å². The molecule has 2 aliphatic rings. The molecular weight excluding hydrogens is 124 g/mol. The van der Waals surface area contributed by atoms with Crippen molar-refractivity contribution in [3.05, 3.63) is 0 Å². The first-order valence-corrected chi connectivity index (χ1v) is 4.46. The maximum Gasteiger partial charge on any atom is 0.0701 e. The highest BCUT2D eigenvalue weighted by Crippen LogP contribution is 2.50. The van der Waals surface area contributed by atoms with Crippen molar-refractivity contribution in [2.75, 3.05) is 0 Å². The Hall–Kier alpha value is -0.0400. The van der Waals surface area contributed by atoms with Crippen LogP contribution in [-0.4, -0.2) is 10.7 Å². The summed E-state index contributed by atoms with van der Waals surface area (Å²) in [6.07, 6.45) is 6.13. The molecule has 0 bridgehead atoms. The average Bonchev–Trinajstić information content (AvgIpc) is 2.36. The van der Waals surface area contributed by atoms with Crippen LogP contribution in [0, 0.1) is 11.8 Å². The van der Waals surface area contributed by atoms with Crippen LogP contribution in [0.25, 0.3) is 0 Å². The fourth-order valence-electron chi connectivity index (χ4n) is 2.83. The van der Waals surface area contributed by atoms with Crippen LogP contribution >= 0.6 is 0 Å². The molecule has 2 saturated carbocycles. The van der Waals surface area contributed by atoms with E-state index in [1.165, 1.54) is 25.7 Å². The van der Waals surface area contributed by atoms with Gasteiger partial charge in [0, 0.05) is 0 Å². The molecule has 0 aliphatic heterocycles. The first-order chi connectivity index (χ1) is 4.73. The topological polar surface area (TPSA) is 20.2 Å². The molecule has 1 N–H and O–H groups in total. The van der Waals surface area contributed by atoms with Gasteiger partial charge in [0.1, 0.15) is 0 Å². The van der Waals surface area contributed by atoms with Crippen molar-refractivity contribution in [1.82, 2.24) is 0 Å². The molecule has 2 rings (SSSR count). The minimum atomic E-state index is -0.236. The lowest BCUT2D eigenvalue weighted by atomic mass is 9.88. The van der Waals surface area contributed by atoms with Crippen LogP contribution in [0.2, 0.25) is 0 Å². The van der Waals surface area contributed by atoms with Gasteiger partial charge < -0.3 is 5.11 Å². The SMILES string of the molecule is C[C@@H]1CC[C@@H]2CCC[C@@]21O. The molecule has 0 aromatic carbocycles. The van der Waals surface area contributed by atoms with Crippen LogP contribution in [0.5, 0.6) is 0 Å². The van der Waals surface area contributed by atoms with E-state index in [4.69, 9.17) is 0 Å². The predicted octanol–water partition coefficient (Wildman–Crippen LogP) is 1.95. The lowest BCUT2D eigenvalue weighted by Gasteiger charge is -2.27. The van der Waals surface area contributed by atoms with Crippen molar-refractivity contribution in [2.24, 2.45) is 11.8 Å². The number of aliphatic hydroxyl groups is 1. The van der Waals surface area contributed by atoms with E-state index in [-0.39, 0.29) is 5.60 Å². The quantitative estimate of drug-likeness (QED) is 0.545. The summed E-state index contributed by atoms with van der Waals surface area (Å²) in [5, 5.41) is 10.1. The van der Waals surface area contributed by atoms with Crippen molar-refractivity contribution in [3.8, 4) is 0 Å². The predicted molar refractivity (Wildman–Crippen MR) is 40.7 cm³/mol. The molecular formula is C9H16O. The molecule has 0 radical (unpaired) electrons. The Morgan fingerprint density at radius 2 is 2.10 bits per heavy atom. The highest BCUT2D eigenvalue weighted by Gasteiger charge is 2.49. The summed E-state index contributed by atoms with van der Waals surface area (Å²) in [6.45, 7) is 2.20. The fraction of sp³-hybridized carbons (Fsp3) is 1.00. The highest BCUT2D eigenvalue weighted by molar-refractivity contribution is 5.00. The zero-order valence-corrected chi connectivity index (χ0v) is 6.64. The minimum Gasteiger partial charge on any atom is -0.389 e. The third kappa shape index (κ3) is 0.672. The summed E-state index contributed by atoms with van der Waals surface area (Å²) in [5.74, 6) is 1.22. The molecule has 2 fully saturated rings. The Morgan fingerprint density at radius 1 is 1.30 bits per heavy atom. The van der Waals surface area contributed by atoms with E-state index in [0.717, 1.165) is 6.42 Å². The third-order valence-electron chi connectivity index (χ3n) is 3.64. The second kappa shape index (κ2) is 1.97. The lowest BCUT2D eigenvalue weighted by Crippen LogP contribution is -2.33. The third-order valence-corrected chi connectivity index (χ3v) is 3.64. The van der Waals surface area contributed by atoms with E-state index in [1.807, 2.05) is 0 Å². The van der Waals surface area contributed by atoms with Crippen LogP contribution in [0.4, 0.5) is 0 Å². The van der Waals surface area contributed by atoms with E-state index in [2.05, 4.69) is 6.92 Å². The van der Waals surface area contributed by atoms with Crippen molar-refractivity contribution in [3.63, 3.8) is 0 Å². The van der Waals surface area contributed by atoms with Gasteiger partial charge in [-0.25, -0.2) is 0 Å². The number of hydrogen-bond donors (Lipinski definition) is 1. The average molecular weight is 140 g/mol. The lowest BCUT2D eigenvalue weighted by molar-refractivity contribution is -0.0120. The molecule has 0 spiro atoms. The molecule has 0 aromatic heterocycles. The Bertz CT molecular complexity index is 144. The van der Waals surface area contributed by atoms with Gasteiger partial charge in [-0.1, -0.05) is 13.3 Å². The van der Waals surface area contributed by atoms with Gasteiger partial charge >= 0.3 is 0 Å². The molecule has 1 nitrogen and oxygen atoms in total. The van der Waals surface area contributed by atoms with Gasteiger partial charge in [0.15, 0.2) is 0 Å². The van der Waals surface area contributed by atoms with Crippen molar-refractivity contribution >= 4 is 0 Å². The zero-order valence-electron chi connectivity index (χ0n) is 6.64. The summed E-state index contributed by atoms with van der Waals surface area (Å²) >= 11 is 0. The number of rotatable bonds is 0. The maximum absolute atomic E-state index is 10.1. The van der Waals surface area contributed by atoms with Crippen LogP contribution < -0.4 is 0 Å². The Morgan fingerprint density at radius 3 is 2.80 bits per heavy atom. The largest absolute Gasteiger partial charge is 0.389 e. The maximum atomic E-state index is 10.1. The molecule has 10 heavy (non-hydrogen) atoms. The smallest absolute Gasteiger partial charge is 0.0701 e. The molecule has 1 heteroatoms. The first kappa shape index (κ1) is 6.66. The molecule has 3 atom stereocenters. The molecule has 2 aliphatic carbocycles. The van der Waals surface area contributed by atoms with Gasteiger partial charge in [-0.3, -0.25) is 0 Å². The molecule has 0 aromatic rings. The molecule has 58 valence electrons.